The molecule has 0 spiro atoms. The van der Waals surface area contributed by atoms with Crippen molar-refractivity contribution in [3.05, 3.63) is 46.5 Å². The molecule has 1 aromatic carbocycles. The van der Waals surface area contributed by atoms with E-state index in [9.17, 15) is 40.8 Å². The van der Waals surface area contributed by atoms with Crippen molar-refractivity contribution < 1.29 is 40.3 Å². The molecule has 2 N–H and O–H groups in total. The number of rotatable bonds is 9. The van der Waals surface area contributed by atoms with Crippen LogP contribution in [0.15, 0.2) is 34.9 Å². The van der Waals surface area contributed by atoms with Crippen LogP contribution in [0, 0.1) is 16.7 Å². The minimum Gasteiger partial charge on any atom is -0.429 e. The fourth-order valence-corrected chi connectivity index (χ4v) is 3.63. The number of amides is 1. The van der Waals surface area contributed by atoms with Crippen LogP contribution in [-0.4, -0.2) is 73.1 Å². The van der Waals surface area contributed by atoms with Crippen molar-refractivity contribution in [3.8, 4) is 6.07 Å². The van der Waals surface area contributed by atoms with Crippen LogP contribution in [0.1, 0.15) is 40.2 Å². The van der Waals surface area contributed by atoms with E-state index < -0.39 is 41.9 Å². The highest BCUT2D eigenvalue weighted by molar-refractivity contribution is 6.02. The maximum Gasteiger partial charge on any atom is 0.459 e. The third-order valence-corrected chi connectivity index (χ3v) is 5.81. The Labute approximate surface area is 206 Å². The number of hydrazone groups is 1. The third-order valence-electron chi connectivity index (χ3n) is 5.81. The number of alkyl halides is 7. The number of nitrogens with one attached hydrogen (secondary N) is 2. The van der Waals surface area contributed by atoms with Crippen LogP contribution in [0.3, 0.4) is 0 Å². The molecule has 1 fully saturated rings. The highest BCUT2D eigenvalue weighted by atomic mass is 19.4. The number of allylic oxidation sites excluding steroid dienone is 1. The molecule has 1 atom stereocenters. The Bertz CT molecular complexity index is 1170. The van der Waals surface area contributed by atoms with Crippen LogP contribution < -0.4 is 5.32 Å². The Balaban J connectivity index is 1.94. The molecule has 37 heavy (non-hydrogen) atoms. The summed E-state index contributed by atoms with van der Waals surface area (Å²) in [6, 6.07) is 6.35. The summed E-state index contributed by atoms with van der Waals surface area (Å²) in [7, 11) is 2.64. The van der Waals surface area contributed by atoms with E-state index in [4.69, 9.17) is 5.41 Å². The van der Waals surface area contributed by atoms with Gasteiger partial charge in [0.05, 0.1) is 23.7 Å². The third kappa shape index (κ3) is 5.62. The summed E-state index contributed by atoms with van der Waals surface area (Å²) in [6.45, 7) is -4.07. The van der Waals surface area contributed by atoms with Gasteiger partial charge in [-0.1, -0.05) is 6.07 Å². The molecule has 200 valence electrons. The Morgan fingerprint density at radius 3 is 2.46 bits per heavy atom. The van der Waals surface area contributed by atoms with Gasteiger partial charge in [0.2, 0.25) is 0 Å². The highest BCUT2D eigenvalue weighted by Crippen LogP contribution is 2.39. The predicted molar refractivity (Wildman–Crippen MR) is 116 cm³/mol. The van der Waals surface area contributed by atoms with E-state index in [2.05, 4.69) is 15.2 Å². The number of carbonyl (C=O) groups is 1. The number of nitriles is 1. The van der Waals surface area contributed by atoms with E-state index in [-0.39, 0.29) is 29.6 Å². The number of hydrogen-bond acceptors (Lipinski definition) is 7. The molecule has 8 nitrogen and oxygen atoms in total. The molecule has 0 aromatic heterocycles. The average Bonchev–Trinajstić information content (AvgIpc) is 3.58. The minimum absolute atomic E-state index is 0.0629. The largest absolute Gasteiger partial charge is 0.459 e. The summed E-state index contributed by atoms with van der Waals surface area (Å²) in [5.74, 6) is -9.43. The number of hydrogen-bond donors (Lipinski definition) is 2. The van der Waals surface area contributed by atoms with Crippen LogP contribution in [0.2, 0.25) is 0 Å². The van der Waals surface area contributed by atoms with Gasteiger partial charge in [-0.15, -0.1) is 0 Å². The van der Waals surface area contributed by atoms with Gasteiger partial charge in [-0.2, -0.15) is 41.1 Å². The van der Waals surface area contributed by atoms with E-state index in [1.54, 1.807) is 7.05 Å². The predicted octanol–water partition coefficient (Wildman–Crippen LogP) is 4.02. The smallest absolute Gasteiger partial charge is 0.429 e. The van der Waals surface area contributed by atoms with Crippen LogP contribution in [0.5, 0.6) is 0 Å². The zero-order chi connectivity index (χ0) is 27.7. The normalized spacial score (nSPS) is 18.4. The summed E-state index contributed by atoms with van der Waals surface area (Å²) in [6.07, 6.45) is -3.32. The zero-order valence-electron chi connectivity index (χ0n) is 19.4. The molecular formula is C22H21F7N6O2. The Hall–Kier alpha value is -3.83. The monoisotopic (exact) mass is 534 g/mol. The fraction of sp³-hybridized carbons (Fsp3) is 0.455. The van der Waals surface area contributed by atoms with E-state index in [1.807, 2.05) is 6.07 Å². The minimum atomic E-state index is -6.24. The van der Waals surface area contributed by atoms with Gasteiger partial charge in [0.25, 0.3) is 5.91 Å². The van der Waals surface area contributed by atoms with Crippen molar-refractivity contribution in [1.29, 1.82) is 10.7 Å². The van der Waals surface area contributed by atoms with E-state index in [0.29, 0.717) is 5.56 Å². The van der Waals surface area contributed by atoms with Crippen molar-refractivity contribution in [2.24, 2.45) is 5.10 Å². The molecule has 0 saturated heterocycles. The van der Waals surface area contributed by atoms with E-state index in [0.717, 1.165) is 24.9 Å². The van der Waals surface area contributed by atoms with E-state index >= 15 is 0 Å². The Morgan fingerprint density at radius 1 is 1.30 bits per heavy atom. The second-order valence-corrected chi connectivity index (χ2v) is 8.27. The molecule has 1 aromatic rings. The van der Waals surface area contributed by atoms with Gasteiger partial charge in [0.1, 0.15) is 0 Å². The van der Waals surface area contributed by atoms with Gasteiger partial charge in [-0.25, -0.2) is 5.01 Å². The van der Waals surface area contributed by atoms with Crippen molar-refractivity contribution in [1.82, 2.24) is 15.2 Å². The summed E-state index contributed by atoms with van der Waals surface area (Å²) in [5.41, 5.74) is -1.86. The van der Waals surface area contributed by atoms with Gasteiger partial charge in [-0.05, 0) is 30.5 Å². The molecule has 15 heteroatoms. The number of ether oxygens (including phenoxy) is 1. The molecule has 1 heterocycles. The molecule has 0 radical (unpaired) electrons. The maximum atomic E-state index is 13.8. The van der Waals surface area contributed by atoms with Crippen molar-refractivity contribution in [2.75, 3.05) is 20.6 Å². The molecule has 3 rings (SSSR count). The number of halogens is 7. The summed E-state index contributed by atoms with van der Waals surface area (Å²) in [4.78, 5) is 14.4. The summed E-state index contributed by atoms with van der Waals surface area (Å²) >= 11 is 0. The number of benzene rings is 1. The first-order valence-corrected chi connectivity index (χ1v) is 10.8. The van der Waals surface area contributed by atoms with Gasteiger partial charge in [0.15, 0.2) is 17.3 Å². The molecule has 1 unspecified atom stereocenters. The summed E-state index contributed by atoms with van der Waals surface area (Å²) < 4.78 is 95.9. The topological polar surface area (TPSA) is 105 Å². The SMILES string of the molecule is CN/C(=C(/OC(F)F)C(=N)C(F)(F)C(F)(F)F)N1CC(c2ccc(C#N)c(C(=O)N(C)C3CC3)c2)C=N1. The molecule has 1 amide bonds. The van der Waals surface area contributed by atoms with Crippen molar-refractivity contribution >= 4 is 17.8 Å². The average molecular weight is 534 g/mol. The highest BCUT2D eigenvalue weighted by Gasteiger charge is 2.62. The molecule has 1 saturated carbocycles. The van der Waals surface area contributed by atoms with Crippen LogP contribution in [0.4, 0.5) is 30.7 Å². The lowest BCUT2D eigenvalue weighted by atomic mass is 9.95. The van der Waals surface area contributed by atoms with Crippen molar-refractivity contribution in [2.45, 2.75) is 43.5 Å². The molecule has 1 aliphatic heterocycles. The van der Waals surface area contributed by atoms with Crippen LogP contribution >= 0.6 is 0 Å². The number of carbonyl (C=O) groups excluding carboxylic acids is 1. The van der Waals surface area contributed by atoms with Crippen molar-refractivity contribution in [3.63, 3.8) is 0 Å². The molecule has 1 aliphatic carbocycles. The first kappa shape index (κ1) is 27.8. The van der Waals surface area contributed by atoms with Crippen LogP contribution in [-0.2, 0) is 4.74 Å². The lowest BCUT2D eigenvalue weighted by Gasteiger charge is -2.26. The van der Waals surface area contributed by atoms with Gasteiger partial charge in [-0.3, -0.25) is 10.2 Å². The quantitative estimate of drug-likeness (QED) is 0.283. The van der Waals surface area contributed by atoms with E-state index in [1.165, 1.54) is 29.3 Å². The van der Waals surface area contributed by atoms with Gasteiger partial charge < -0.3 is 15.0 Å². The lowest BCUT2D eigenvalue weighted by Crippen LogP contribution is -2.46. The van der Waals surface area contributed by atoms with Crippen LogP contribution in [0.25, 0.3) is 0 Å². The second kappa shape index (κ2) is 10.3. The molecule has 2 aliphatic rings. The molecular weight excluding hydrogens is 513 g/mol. The van der Waals surface area contributed by atoms with Gasteiger partial charge >= 0.3 is 18.7 Å². The Morgan fingerprint density at radius 2 is 1.95 bits per heavy atom. The fourth-order valence-electron chi connectivity index (χ4n) is 3.63. The van der Waals surface area contributed by atoms with Gasteiger partial charge in [0, 0.05) is 32.3 Å². The zero-order valence-corrected chi connectivity index (χ0v) is 19.4. The maximum absolute atomic E-state index is 13.8. The lowest BCUT2D eigenvalue weighted by molar-refractivity contribution is -0.250. The molecule has 0 bridgehead atoms. The summed E-state index contributed by atoms with van der Waals surface area (Å²) in [5, 5.41) is 23.6. The number of nitrogens with zero attached hydrogens (tertiary/aromatic N) is 4. The Kier molecular flexibility index (Phi) is 7.70. The first-order chi connectivity index (χ1) is 17.2. The standard InChI is InChI=1S/C22H21F7N6O2/c1-32-18(16(37-20(23)24)17(31)21(25,26)22(27,28)29)35-10-13(9-33-35)11-3-4-12(8-30)15(7-11)19(36)34(2)14-5-6-14/h3-4,7,9,13-14,20,31-32H,5-6,10H2,1-2H3/b18-16-,31-17?. The second-order valence-electron chi connectivity index (χ2n) is 8.27. The first-order valence-electron chi connectivity index (χ1n) is 10.8.